The van der Waals surface area contributed by atoms with Crippen molar-refractivity contribution < 1.29 is 4.74 Å². The van der Waals surface area contributed by atoms with Crippen LogP contribution >= 0.6 is 15.9 Å². The summed E-state index contributed by atoms with van der Waals surface area (Å²) in [4.78, 5) is 11.9. The third-order valence-corrected chi connectivity index (χ3v) is 2.25. The first-order valence-electron chi connectivity index (χ1n) is 4.60. The summed E-state index contributed by atoms with van der Waals surface area (Å²) in [7, 11) is 0. The maximum Gasteiger partial charge on any atom is 0.249 e. The van der Waals surface area contributed by atoms with Gasteiger partial charge in [-0.1, -0.05) is 0 Å². The normalized spacial score (nSPS) is 9.94. The fourth-order valence-corrected chi connectivity index (χ4v) is 1.49. The summed E-state index contributed by atoms with van der Waals surface area (Å²) in [6.07, 6.45) is 6.08. The Morgan fingerprint density at radius 1 is 1.29 bits per heavy atom. The van der Waals surface area contributed by atoms with E-state index in [1.807, 2.05) is 0 Å². The zero-order valence-electron chi connectivity index (χ0n) is 8.59. The first-order chi connectivity index (χ1) is 8.16. The van der Waals surface area contributed by atoms with Gasteiger partial charge in [0.2, 0.25) is 5.88 Å². The zero-order chi connectivity index (χ0) is 12.3. The number of hydrogen-bond donors (Lipinski definition) is 2. The number of amidine groups is 1. The van der Waals surface area contributed by atoms with Crippen molar-refractivity contribution in [2.24, 2.45) is 5.73 Å². The van der Waals surface area contributed by atoms with E-state index < -0.39 is 0 Å². The lowest BCUT2D eigenvalue weighted by atomic mass is 10.4. The number of halogens is 1. The number of rotatable bonds is 3. The molecule has 0 fully saturated rings. The number of aromatic nitrogens is 3. The van der Waals surface area contributed by atoms with Gasteiger partial charge in [-0.2, -0.15) is 0 Å². The van der Waals surface area contributed by atoms with Crippen molar-refractivity contribution >= 4 is 21.8 Å². The Kier molecular flexibility index (Phi) is 3.29. The lowest BCUT2D eigenvalue weighted by Gasteiger charge is -2.07. The van der Waals surface area contributed by atoms with Gasteiger partial charge >= 0.3 is 0 Å². The third kappa shape index (κ3) is 2.76. The largest absolute Gasteiger partial charge is 0.435 e. The molecule has 0 amide bonds. The van der Waals surface area contributed by atoms with Crippen LogP contribution in [0.3, 0.4) is 0 Å². The number of nitrogens with one attached hydrogen (secondary N) is 1. The first-order valence-corrected chi connectivity index (χ1v) is 5.40. The van der Waals surface area contributed by atoms with E-state index in [4.69, 9.17) is 15.9 Å². The topological polar surface area (TPSA) is 97.8 Å². The molecular weight excluding hydrogens is 286 g/mol. The maximum absolute atomic E-state index is 7.35. The second kappa shape index (κ2) is 4.88. The molecule has 0 bridgehead atoms. The molecule has 0 aliphatic heterocycles. The van der Waals surface area contributed by atoms with Crippen LogP contribution in [0.5, 0.6) is 11.6 Å². The minimum Gasteiger partial charge on any atom is -0.435 e. The van der Waals surface area contributed by atoms with Crippen LogP contribution in [0.2, 0.25) is 0 Å². The molecule has 0 saturated carbocycles. The predicted octanol–water partition coefficient (Wildman–Crippen LogP) is 1.71. The molecule has 6 nitrogen and oxygen atoms in total. The Morgan fingerprint density at radius 3 is 2.76 bits per heavy atom. The standard InChI is InChI=1S/C10H8BrN5O/c11-6-3-7(5-14-4-6)17-10-8(9(12)13)15-1-2-16-10/h1-5H,(H3,12,13). The second-order valence-electron chi connectivity index (χ2n) is 3.06. The van der Waals surface area contributed by atoms with E-state index in [0.717, 1.165) is 4.47 Å². The molecule has 2 aromatic heterocycles. The Bertz CT molecular complexity index is 560. The third-order valence-electron chi connectivity index (χ3n) is 1.81. The number of nitrogen functional groups attached to an aromatic ring is 1. The number of pyridine rings is 1. The van der Waals surface area contributed by atoms with Gasteiger partial charge in [0.05, 0.1) is 6.20 Å². The first kappa shape index (κ1) is 11.5. The zero-order valence-corrected chi connectivity index (χ0v) is 10.2. The summed E-state index contributed by atoms with van der Waals surface area (Å²) in [5.74, 6) is 0.471. The van der Waals surface area contributed by atoms with Crippen LogP contribution in [0.4, 0.5) is 0 Å². The molecule has 86 valence electrons. The van der Waals surface area contributed by atoms with Crippen LogP contribution in [0, 0.1) is 5.41 Å². The Balaban J connectivity index is 2.33. The lowest BCUT2D eigenvalue weighted by Crippen LogP contribution is -2.15. The fraction of sp³-hybridized carbons (Fsp3) is 0. The number of hydrogen-bond acceptors (Lipinski definition) is 5. The van der Waals surface area contributed by atoms with E-state index in [0.29, 0.717) is 5.75 Å². The molecule has 0 spiro atoms. The molecule has 0 unspecified atom stereocenters. The van der Waals surface area contributed by atoms with Crippen LogP contribution < -0.4 is 10.5 Å². The van der Waals surface area contributed by atoms with Gasteiger partial charge < -0.3 is 10.5 Å². The SMILES string of the molecule is N=C(N)c1nccnc1Oc1cncc(Br)c1. The maximum atomic E-state index is 7.35. The van der Waals surface area contributed by atoms with E-state index in [2.05, 4.69) is 30.9 Å². The molecule has 17 heavy (non-hydrogen) atoms. The highest BCUT2D eigenvalue weighted by Gasteiger charge is 2.10. The predicted molar refractivity (Wildman–Crippen MR) is 65.1 cm³/mol. The van der Waals surface area contributed by atoms with Crippen molar-refractivity contribution in [3.05, 3.63) is 41.0 Å². The van der Waals surface area contributed by atoms with Crippen LogP contribution in [-0.2, 0) is 0 Å². The average molecular weight is 294 g/mol. The van der Waals surface area contributed by atoms with Crippen molar-refractivity contribution in [3.8, 4) is 11.6 Å². The minimum atomic E-state index is -0.198. The summed E-state index contributed by atoms with van der Waals surface area (Å²) in [5.41, 5.74) is 5.58. The smallest absolute Gasteiger partial charge is 0.249 e. The van der Waals surface area contributed by atoms with Crippen LogP contribution in [0.15, 0.2) is 35.3 Å². The molecule has 0 atom stereocenters. The van der Waals surface area contributed by atoms with Crippen LogP contribution in [-0.4, -0.2) is 20.8 Å². The van der Waals surface area contributed by atoms with E-state index in [-0.39, 0.29) is 17.4 Å². The summed E-state index contributed by atoms with van der Waals surface area (Å²) in [5, 5.41) is 7.35. The van der Waals surface area contributed by atoms with Gasteiger partial charge in [-0.15, -0.1) is 0 Å². The molecule has 3 N–H and O–H groups in total. The van der Waals surface area contributed by atoms with Crippen LogP contribution in [0.25, 0.3) is 0 Å². The van der Waals surface area contributed by atoms with Gasteiger partial charge in [0, 0.05) is 23.1 Å². The molecule has 0 aliphatic rings. The highest BCUT2D eigenvalue weighted by Crippen LogP contribution is 2.23. The Hall–Kier alpha value is -2.02. The minimum absolute atomic E-state index is 0.180. The highest BCUT2D eigenvalue weighted by molar-refractivity contribution is 9.10. The quantitative estimate of drug-likeness (QED) is 0.663. The molecule has 2 rings (SSSR count). The van der Waals surface area contributed by atoms with Crippen molar-refractivity contribution in [1.82, 2.24) is 15.0 Å². The molecule has 2 heterocycles. The number of nitrogens with two attached hydrogens (primary N) is 1. The van der Waals surface area contributed by atoms with Crippen molar-refractivity contribution in [1.29, 1.82) is 5.41 Å². The fourth-order valence-electron chi connectivity index (χ4n) is 1.14. The van der Waals surface area contributed by atoms with E-state index >= 15 is 0 Å². The van der Waals surface area contributed by atoms with Crippen molar-refractivity contribution in [2.75, 3.05) is 0 Å². The highest BCUT2D eigenvalue weighted by atomic mass is 79.9. The van der Waals surface area contributed by atoms with E-state index in [1.165, 1.54) is 18.6 Å². The van der Waals surface area contributed by atoms with Gasteiger partial charge in [-0.3, -0.25) is 10.4 Å². The van der Waals surface area contributed by atoms with Crippen molar-refractivity contribution in [2.45, 2.75) is 0 Å². The Morgan fingerprint density at radius 2 is 2.06 bits per heavy atom. The number of nitrogens with zero attached hydrogens (tertiary/aromatic N) is 3. The van der Waals surface area contributed by atoms with Gasteiger partial charge in [0.25, 0.3) is 0 Å². The molecule has 2 aromatic rings. The summed E-state index contributed by atoms with van der Waals surface area (Å²) < 4.78 is 6.25. The average Bonchev–Trinajstić information content (AvgIpc) is 2.29. The molecule has 7 heteroatoms. The number of ether oxygens (including phenoxy) is 1. The van der Waals surface area contributed by atoms with Gasteiger partial charge in [0.1, 0.15) is 11.6 Å². The van der Waals surface area contributed by atoms with Gasteiger partial charge in [0.15, 0.2) is 5.69 Å². The second-order valence-corrected chi connectivity index (χ2v) is 3.98. The summed E-state index contributed by atoms with van der Waals surface area (Å²) in [6, 6.07) is 1.73. The molecule has 0 saturated heterocycles. The molecule has 0 radical (unpaired) electrons. The van der Waals surface area contributed by atoms with Gasteiger partial charge in [-0.25, -0.2) is 9.97 Å². The molecular formula is C10H8BrN5O. The molecule has 0 aliphatic carbocycles. The summed E-state index contributed by atoms with van der Waals surface area (Å²) >= 11 is 3.28. The molecule has 0 aromatic carbocycles. The van der Waals surface area contributed by atoms with E-state index in [9.17, 15) is 0 Å². The van der Waals surface area contributed by atoms with Crippen molar-refractivity contribution in [3.63, 3.8) is 0 Å². The van der Waals surface area contributed by atoms with Crippen LogP contribution in [0.1, 0.15) is 5.69 Å². The monoisotopic (exact) mass is 293 g/mol. The summed E-state index contributed by atoms with van der Waals surface area (Å²) in [6.45, 7) is 0. The Labute approximate surface area is 106 Å². The van der Waals surface area contributed by atoms with Gasteiger partial charge in [-0.05, 0) is 22.0 Å². The van der Waals surface area contributed by atoms with E-state index in [1.54, 1.807) is 12.3 Å². The lowest BCUT2D eigenvalue weighted by molar-refractivity contribution is 0.456.